The third-order valence-corrected chi connectivity index (χ3v) is 4.38. The van der Waals surface area contributed by atoms with E-state index in [0.717, 1.165) is 11.3 Å². The first-order chi connectivity index (χ1) is 12.0. The predicted octanol–water partition coefficient (Wildman–Crippen LogP) is 3.63. The summed E-state index contributed by atoms with van der Waals surface area (Å²) in [5.74, 6) is -0.0750. The zero-order chi connectivity index (χ0) is 18.1. The molecular formula is C20H20ClN3O. The Labute approximate surface area is 152 Å². The van der Waals surface area contributed by atoms with E-state index in [1.165, 1.54) is 0 Å². The number of nitrogens with one attached hydrogen (secondary N) is 1. The SMILES string of the molecule is C=C(Cl)/C(=C\C=C/C)C1=C2NC(N(C)C)N=C2c2ccccc2C1=O. The molecule has 0 spiro atoms. The Morgan fingerprint density at radius 1 is 1.32 bits per heavy atom. The first-order valence-corrected chi connectivity index (χ1v) is 8.41. The average Bonchev–Trinajstić information content (AvgIpc) is 3.03. The molecule has 1 unspecified atom stereocenters. The fourth-order valence-electron chi connectivity index (χ4n) is 2.95. The molecule has 2 aliphatic rings. The van der Waals surface area contributed by atoms with Crippen LogP contribution in [0.15, 0.2) is 75.9 Å². The Hall–Kier alpha value is -2.43. The van der Waals surface area contributed by atoms with E-state index in [0.29, 0.717) is 27.4 Å². The van der Waals surface area contributed by atoms with Gasteiger partial charge >= 0.3 is 0 Å². The number of rotatable bonds is 4. The van der Waals surface area contributed by atoms with E-state index in [1.807, 2.05) is 68.4 Å². The van der Waals surface area contributed by atoms with Crippen LogP contribution in [-0.4, -0.2) is 36.8 Å². The predicted molar refractivity (Wildman–Crippen MR) is 103 cm³/mol. The monoisotopic (exact) mass is 353 g/mol. The minimum atomic E-state index is -0.231. The molecule has 0 aromatic heterocycles. The third-order valence-electron chi connectivity index (χ3n) is 4.17. The van der Waals surface area contributed by atoms with Crippen LogP contribution in [0, 0.1) is 0 Å². The van der Waals surface area contributed by atoms with Crippen molar-refractivity contribution in [1.82, 2.24) is 10.2 Å². The van der Waals surface area contributed by atoms with Gasteiger partial charge in [-0.3, -0.25) is 9.69 Å². The van der Waals surface area contributed by atoms with Crippen LogP contribution in [0.4, 0.5) is 0 Å². The molecule has 5 heteroatoms. The Kier molecular flexibility index (Phi) is 4.75. The van der Waals surface area contributed by atoms with Gasteiger partial charge < -0.3 is 5.32 Å². The number of carbonyl (C=O) groups is 1. The van der Waals surface area contributed by atoms with E-state index in [2.05, 4.69) is 11.9 Å². The summed E-state index contributed by atoms with van der Waals surface area (Å²) in [6.07, 6.45) is 5.31. The number of ketones is 1. The molecule has 3 rings (SSSR count). The number of fused-ring (bicyclic) bond motifs is 3. The number of allylic oxidation sites excluding steroid dienone is 7. The summed E-state index contributed by atoms with van der Waals surface area (Å²) >= 11 is 6.23. The van der Waals surface area contributed by atoms with E-state index in [1.54, 1.807) is 0 Å². The summed E-state index contributed by atoms with van der Waals surface area (Å²) in [7, 11) is 3.87. The molecule has 4 nitrogen and oxygen atoms in total. The number of carbonyl (C=O) groups excluding carboxylic acids is 1. The van der Waals surface area contributed by atoms with Crippen LogP contribution in [0.2, 0.25) is 0 Å². The molecule has 0 amide bonds. The number of aliphatic imine (C=N–C) groups is 1. The second-order valence-corrected chi connectivity index (χ2v) is 6.55. The molecule has 1 heterocycles. The van der Waals surface area contributed by atoms with Gasteiger partial charge in [0.15, 0.2) is 12.1 Å². The number of benzene rings is 1. The van der Waals surface area contributed by atoms with Crippen molar-refractivity contribution in [3.8, 4) is 0 Å². The molecular weight excluding hydrogens is 334 g/mol. The number of nitrogens with zero attached hydrogens (tertiary/aromatic N) is 2. The van der Waals surface area contributed by atoms with Gasteiger partial charge in [-0.05, 0) is 21.0 Å². The van der Waals surface area contributed by atoms with Crippen molar-refractivity contribution in [2.75, 3.05) is 14.1 Å². The molecule has 1 N–H and O–H groups in total. The van der Waals surface area contributed by atoms with Crippen LogP contribution in [0.25, 0.3) is 0 Å². The van der Waals surface area contributed by atoms with Gasteiger partial charge in [0.1, 0.15) is 0 Å². The van der Waals surface area contributed by atoms with Gasteiger partial charge in [0.2, 0.25) is 0 Å². The number of hydrogen-bond donors (Lipinski definition) is 1. The first kappa shape index (κ1) is 17.4. The first-order valence-electron chi connectivity index (χ1n) is 8.03. The summed E-state index contributed by atoms with van der Waals surface area (Å²) in [6, 6.07) is 7.52. The van der Waals surface area contributed by atoms with Crippen molar-refractivity contribution in [2.24, 2.45) is 4.99 Å². The van der Waals surface area contributed by atoms with Crippen molar-refractivity contribution in [1.29, 1.82) is 0 Å². The lowest BCUT2D eigenvalue weighted by Crippen LogP contribution is -2.37. The maximum atomic E-state index is 13.2. The lowest BCUT2D eigenvalue weighted by atomic mass is 9.83. The molecule has 0 bridgehead atoms. The van der Waals surface area contributed by atoms with Crippen LogP contribution in [0.5, 0.6) is 0 Å². The van der Waals surface area contributed by atoms with Crippen LogP contribution in [0.1, 0.15) is 22.8 Å². The maximum Gasteiger partial charge on any atom is 0.196 e. The van der Waals surface area contributed by atoms with Crippen molar-refractivity contribution < 1.29 is 4.79 Å². The standard InChI is InChI=1S/C20H20ClN3O/c1-5-6-9-13(12(2)21)16-18-17(22-20(23-18)24(3)4)14-10-7-8-11-15(14)19(16)25/h5-11,20,23H,2H2,1,3-4H3/b6-5-,13-9+. The van der Waals surface area contributed by atoms with E-state index in [-0.39, 0.29) is 12.1 Å². The van der Waals surface area contributed by atoms with Crippen molar-refractivity contribution in [3.63, 3.8) is 0 Å². The summed E-state index contributed by atoms with van der Waals surface area (Å²) < 4.78 is 0. The Morgan fingerprint density at radius 2 is 2.00 bits per heavy atom. The summed E-state index contributed by atoms with van der Waals surface area (Å²) in [5.41, 5.74) is 4.08. The third kappa shape index (κ3) is 2.99. The highest BCUT2D eigenvalue weighted by molar-refractivity contribution is 6.36. The Balaban J connectivity index is 2.27. The van der Waals surface area contributed by atoms with Gasteiger partial charge in [0.25, 0.3) is 0 Å². The van der Waals surface area contributed by atoms with Gasteiger partial charge in [-0.1, -0.05) is 60.7 Å². The van der Waals surface area contributed by atoms with Gasteiger partial charge in [-0.2, -0.15) is 0 Å². The van der Waals surface area contributed by atoms with E-state index in [9.17, 15) is 4.79 Å². The lowest BCUT2D eigenvalue weighted by Gasteiger charge is -2.23. The second kappa shape index (κ2) is 6.82. The van der Waals surface area contributed by atoms with E-state index >= 15 is 0 Å². The zero-order valence-corrected chi connectivity index (χ0v) is 15.3. The Morgan fingerprint density at radius 3 is 2.60 bits per heavy atom. The zero-order valence-electron chi connectivity index (χ0n) is 14.5. The van der Waals surface area contributed by atoms with Gasteiger partial charge in [-0.25, -0.2) is 4.99 Å². The molecule has 0 saturated carbocycles. The fraction of sp³-hybridized carbons (Fsp3) is 0.200. The Bertz CT molecular complexity index is 875. The van der Waals surface area contributed by atoms with Gasteiger partial charge in [0, 0.05) is 21.7 Å². The van der Waals surface area contributed by atoms with Crippen LogP contribution in [-0.2, 0) is 0 Å². The molecule has 1 aromatic rings. The highest BCUT2D eigenvalue weighted by Gasteiger charge is 2.37. The number of Topliss-reactive ketones (excluding diaryl/α,β-unsaturated/α-hetero) is 1. The number of halogens is 1. The van der Waals surface area contributed by atoms with Gasteiger partial charge in [-0.15, -0.1) is 0 Å². The molecule has 128 valence electrons. The van der Waals surface area contributed by atoms with Crippen molar-refractivity contribution >= 4 is 23.1 Å². The van der Waals surface area contributed by atoms with Crippen LogP contribution in [0.3, 0.4) is 0 Å². The van der Waals surface area contributed by atoms with Crippen molar-refractivity contribution in [3.05, 3.63) is 82.1 Å². The normalized spacial score (nSPS) is 19.9. The van der Waals surface area contributed by atoms with Gasteiger partial charge in [0.05, 0.1) is 17.0 Å². The average molecular weight is 354 g/mol. The molecule has 0 saturated heterocycles. The molecule has 25 heavy (non-hydrogen) atoms. The lowest BCUT2D eigenvalue weighted by molar-refractivity contribution is 0.103. The molecule has 1 atom stereocenters. The molecule has 1 aromatic carbocycles. The molecule has 1 aliphatic heterocycles. The second-order valence-electron chi connectivity index (χ2n) is 6.10. The highest BCUT2D eigenvalue weighted by atomic mass is 35.5. The highest BCUT2D eigenvalue weighted by Crippen LogP contribution is 2.35. The maximum absolute atomic E-state index is 13.2. The molecule has 0 fully saturated rings. The minimum absolute atomic E-state index is 0.0750. The molecule has 1 aliphatic carbocycles. The quantitative estimate of drug-likeness (QED) is 0.841. The van der Waals surface area contributed by atoms with Crippen LogP contribution < -0.4 is 5.32 Å². The largest absolute Gasteiger partial charge is 0.349 e. The number of hydrogen-bond acceptors (Lipinski definition) is 4. The van der Waals surface area contributed by atoms with Crippen molar-refractivity contribution in [2.45, 2.75) is 13.2 Å². The van der Waals surface area contributed by atoms with E-state index < -0.39 is 0 Å². The van der Waals surface area contributed by atoms with Crippen LogP contribution >= 0.6 is 11.6 Å². The summed E-state index contributed by atoms with van der Waals surface area (Å²) in [5, 5.41) is 3.66. The smallest absolute Gasteiger partial charge is 0.196 e. The van der Waals surface area contributed by atoms with E-state index in [4.69, 9.17) is 16.6 Å². The minimum Gasteiger partial charge on any atom is -0.349 e. The fourth-order valence-corrected chi connectivity index (χ4v) is 3.11. The summed E-state index contributed by atoms with van der Waals surface area (Å²) in [4.78, 5) is 19.9. The topological polar surface area (TPSA) is 44.7 Å². The molecule has 0 radical (unpaired) electrons. The summed E-state index contributed by atoms with van der Waals surface area (Å²) in [6.45, 7) is 5.75.